The van der Waals surface area contributed by atoms with E-state index in [0.29, 0.717) is 24.3 Å². The first kappa shape index (κ1) is 46.7. The number of aliphatic hydroxyl groups is 1. The highest BCUT2D eigenvalue weighted by Gasteiger charge is 2.44. The van der Waals surface area contributed by atoms with Crippen LogP contribution in [0.3, 0.4) is 0 Å². The number of hydrogen-bond donors (Lipinski definition) is 2. The van der Waals surface area contributed by atoms with Crippen molar-refractivity contribution in [3.8, 4) is 11.5 Å². The van der Waals surface area contributed by atoms with E-state index in [1.54, 1.807) is 57.2 Å². The lowest BCUT2D eigenvalue weighted by Gasteiger charge is -2.38. The molecule has 2 N–H and O–H groups in total. The standard InChI is InChI=1S/C39H57N2O16PS/c1-8-49-36(43)25(4)56-58(45,57-26(5)37-53-27(6)54-37)23-52-30-11-9-28(10-12-30)19-33(40-39(44)55-35-22-51-38-32(35)17-18-50-38)34(42)21-41(20-24(2)3)59(46,47)31-15-13-29(48-7)14-16-31/h9-16,24-27,32-35,37-38,42H,8,17-23H2,1-7H3,(H,40,44)/t25-,26-,27?,32-,33-,34+,35-,37?,38+,58?/m0/s1. The zero-order chi connectivity index (χ0) is 42.9. The second kappa shape index (κ2) is 20.9. The summed E-state index contributed by atoms with van der Waals surface area (Å²) >= 11 is 0. The summed E-state index contributed by atoms with van der Waals surface area (Å²) in [5, 5.41) is 14.5. The molecule has 0 radical (unpaired) electrons. The van der Waals surface area contributed by atoms with Crippen molar-refractivity contribution in [1.29, 1.82) is 0 Å². The summed E-state index contributed by atoms with van der Waals surface area (Å²) in [6, 6.07) is 11.4. The maximum atomic E-state index is 13.9. The summed E-state index contributed by atoms with van der Waals surface area (Å²) in [6.07, 6.45) is -6.41. The van der Waals surface area contributed by atoms with Gasteiger partial charge in [-0.2, -0.15) is 4.31 Å². The number of carbonyl (C=O) groups excluding carboxylic acids is 2. The van der Waals surface area contributed by atoms with Crippen LogP contribution < -0.4 is 14.8 Å². The molecule has 0 bridgehead atoms. The summed E-state index contributed by atoms with van der Waals surface area (Å²) in [5.41, 5.74) is 0.622. The molecule has 330 valence electrons. The molecule has 1 amide bonds. The molecule has 1 unspecified atom stereocenters. The van der Waals surface area contributed by atoms with E-state index in [1.807, 2.05) is 13.8 Å². The Bertz CT molecular complexity index is 1830. The van der Waals surface area contributed by atoms with E-state index in [1.165, 1.54) is 30.5 Å². The van der Waals surface area contributed by atoms with Crippen LogP contribution in [-0.2, 0) is 63.3 Å². The number of nitrogens with one attached hydrogen (secondary N) is 1. The monoisotopic (exact) mass is 872 g/mol. The third kappa shape index (κ3) is 12.8. The van der Waals surface area contributed by atoms with Gasteiger partial charge in [0.25, 0.3) is 0 Å². The Morgan fingerprint density at radius 2 is 1.66 bits per heavy atom. The summed E-state index contributed by atoms with van der Waals surface area (Å²) in [4.78, 5) is 25.7. The van der Waals surface area contributed by atoms with Crippen LogP contribution >= 0.6 is 7.60 Å². The SMILES string of the molecule is CCOC(=O)[C@H](C)OP(=O)(COc1ccc(C[C@H](NC(=O)O[C@H]2CO[C@H]3OCC[C@H]32)[C@H](O)CN(CC(C)C)S(=O)(=O)c2ccc(OC)cc2)cc1)O[C@@H](C)C1OC(C)O1. The number of aliphatic hydroxyl groups excluding tert-OH is 1. The van der Waals surface area contributed by atoms with Gasteiger partial charge >= 0.3 is 19.7 Å². The van der Waals surface area contributed by atoms with E-state index in [2.05, 4.69) is 5.32 Å². The quantitative estimate of drug-likeness (QED) is 0.124. The topological polar surface area (TPSA) is 213 Å². The molecule has 0 spiro atoms. The Morgan fingerprint density at radius 1 is 0.983 bits per heavy atom. The number of benzene rings is 2. The number of fused-ring (bicyclic) bond motifs is 1. The number of rotatable bonds is 22. The van der Waals surface area contributed by atoms with E-state index in [9.17, 15) is 27.7 Å². The van der Waals surface area contributed by atoms with E-state index in [0.717, 1.165) is 0 Å². The fraction of sp³-hybridized carbons (Fsp3) is 0.641. The minimum absolute atomic E-state index is 0.0182. The Balaban J connectivity index is 1.31. The van der Waals surface area contributed by atoms with Crippen LogP contribution in [0.25, 0.3) is 0 Å². The maximum absolute atomic E-state index is 13.9. The number of amides is 1. The number of sulfonamides is 1. The number of methoxy groups -OCH3 is 1. The lowest BCUT2D eigenvalue weighted by molar-refractivity contribution is -0.394. The van der Waals surface area contributed by atoms with E-state index in [-0.39, 0.29) is 55.2 Å². The number of alkyl carbamates (subject to hydrolysis) is 1. The van der Waals surface area contributed by atoms with Crippen LogP contribution in [0.5, 0.6) is 11.5 Å². The normalized spacial score (nSPS) is 24.6. The minimum Gasteiger partial charge on any atom is -0.497 e. The van der Waals surface area contributed by atoms with Gasteiger partial charge in [0.05, 0.1) is 49.9 Å². The zero-order valence-electron chi connectivity index (χ0n) is 34.4. The Morgan fingerprint density at radius 3 is 2.29 bits per heavy atom. The number of esters is 1. The van der Waals surface area contributed by atoms with Crippen LogP contribution in [0.2, 0.25) is 0 Å². The molecule has 0 saturated carbocycles. The molecule has 18 nitrogen and oxygen atoms in total. The molecule has 8 atom stereocenters. The number of hydrogen-bond acceptors (Lipinski definition) is 16. The molecule has 59 heavy (non-hydrogen) atoms. The molecule has 3 aliphatic heterocycles. The van der Waals surface area contributed by atoms with Crippen molar-refractivity contribution in [3.63, 3.8) is 0 Å². The van der Waals surface area contributed by atoms with Gasteiger partial charge in [0.15, 0.2) is 31.3 Å². The molecule has 2 aromatic carbocycles. The molecule has 20 heteroatoms. The van der Waals surface area contributed by atoms with Crippen molar-refractivity contribution in [2.45, 2.75) is 109 Å². The average Bonchev–Trinajstić information content (AvgIpc) is 3.81. The molecule has 2 aromatic rings. The van der Waals surface area contributed by atoms with Crippen molar-refractivity contribution in [2.24, 2.45) is 11.8 Å². The number of nitrogens with zero attached hydrogens (tertiary/aromatic N) is 1. The molecule has 0 aliphatic carbocycles. The molecule has 0 aromatic heterocycles. The fourth-order valence-corrected chi connectivity index (χ4v) is 10.0. The summed E-state index contributed by atoms with van der Waals surface area (Å²) in [7, 11) is -6.74. The lowest BCUT2D eigenvalue weighted by Crippen LogP contribution is -2.51. The molecule has 3 heterocycles. The number of ether oxygens (including phenoxy) is 8. The molecule has 3 aliphatic rings. The van der Waals surface area contributed by atoms with Gasteiger partial charge in [-0.3, -0.25) is 13.6 Å². The molecular weight excluding hydrogens is 815 g/mol. The summed E-state index contributed by atoms with van der Waals surface area (Å²) in [5.74, 6) is -0.214. The third-order valence-electron chi connectivity index (χ3n) is 9.74. The summed E-state index contributed by atoms with van der Waals surface area (Å²) in [6.45, 7) is 10.5. The van der Waals surface area contributed by atoms with Gasteiger partial charge in [0, 0.05) is 13.1 Å². The predicted octanol–water partition coefficient (Wildman–Crippen LogP) is 4.42. The highest BCUT2D eigenvalue weighted by molar-refractivity contribution is 7.89. The van der Waals surface area contributed by atoms with Gasteiger partial charge in [-0.1, -0.05) is 26.0 Å². The molecule has 3 saturated heterocycles. The average molecular weight is 873 g/mol. The van der Waals surface area contributed by atoms with Gasteiger partial charge in [0.2, 0.25) is 10.0 Å². The molecule has 3 fully saturated rings. The first-order valence-corrected chi connectivity index (χ1v) is 22.8. The van der Waals surface area contributed by atoms with Crippen LogP contribution in [0.4, 0.5) is 4.79 Å². The highest BCUT2D eigenvalue weighted by atomic mass is 32.2. The van der Waals surface area contributed by atoms with Crippen molar-refractivity contribution >= 4 is 29.7 Å². The van der Waals surface area contributed by atoms with E-state index >= 15 is 0 Å². The van der Waals surface area contributed by atoms with Gasteiger partial charge in [0.1, 0.15) is 23.7 Å². The predicted molar refractivity (Wildman–Crippen MR) is 210 cm³/mol. The Hall–Kier alpha value is -3.36. The van der Waals surface area contributed by atoms with Crippen molar-refractivity contribution < 1.29 is 74.6 Å². The summed E-state index contributed by atoms with van der Waals surface area (Å²) < 4.78 is 98.1. The van der Waals surface area contributed by atoms with Crippen LogP contribution in [0.1, 0.15) is 53.5 Å². The van der Waals surface area contributed by atoms with E-state index < -0.39 is 85.4 Å². The first-order valence-electron chi connectivity index (χ1n) is 19.7. The van der Waals surface area contributed by atoms with Gasteiger partial charge in [-0.25, -0.2) is 18.0 Å². The molecule has 5 rings (SSSR count). The van der Waals surface area contributed by atoms with Crippen molar-refractivity contribution in [2.75, 3.05) is 46.4 Å². The number of carbonyl (C=O) groups is 2. The van der Waals surface area contributed by atoms with Gasteiger partial charge in [-0.05, 0) is 88.4 Å². The smallest absolute Gasteiger partial charge is 0.407 e. The zero-order valence-corrected chi connectivity index (χ0v) is 36.1. The second-order valence-electron chi connectivity index (χ2n) is 14.9. The van der Waals surface area contributed by atoms with Crippen LogP contribution in [-0.4, -0.2) is 126 Å². The van der Waals surface area contributed by atoms with Gasteiger partial charge < -0.3 is 48.3 Å². The highest BCUT2D eigenvalue weighted by Crippen LogP contribution is 2.51. The van der Waals surface area contributed by atoms with Crippen molar-refractivity contribution in [3.05, 3.63) is 54.1 Å². The fourth-order valence-electron chi connectivity index (χ4n) is 6.74. The first-order chi connectivity index (χ1) is 28.0. The largest absolute Gasteiger partial charge is 0.497 e. The third-order valence-corrected chi connectivity index (χ3v) is 13.3. The second-order valence-corrected chi connectivity index (χ2v) is 18.8. The van der Waals surface area contributed by atoms with E-state index in [4.69, 9.17) is 46.9 Å². The molecular formula is C39H57N2O16PS. The lowest BCUT2D eigenvalue weighted by atomic mass is 10.0. The van der Waals surface area contributed by atoms with Crippen LogP contribution in [0.15, 0.2) is 53.4 Å². The van der Waals surface area contributed by atoms with Gasteiger partial charge in [-0.15, -0.1) is 0 Å². The Kier molecular flexibility index (Phi) is 16.6. The van der Waals surface area contributed by atoms with Crippen molar-refractivity contribution in [1.82, 2.24) is 9.62 Å². The minimum atomic E-state index is -4.13. The Labute approximate surface area is 345 Å². The van der Waals surface area contributed by atoms with Crippen LogP contribution in [0, 0.1) is 11.8 Å². The maximum Gasteiger partial charge on any atom is 0.407 e.